The van der Waals surface area contributed by atoms with Gasteiger partial charge in [-0.15, -0.1) is 5.10 Å². The van der Waals surface area contributed by atoms with Gasteiger partial charge < -0.3 is 4.98 Å². The van der Waals surface area contributed by atoms with Crippen LogP contribution in [0.1, 0.15) is 5.69 Å². The molecule has 3 aromatic rings. The number of benzene rings is 1. The van der Waals surface area contributed by atoms with Gasteiger partial charge in [0.15, 0.2) is 5.82 Å². The fourth-order valence-corrected chi connectivity index (χ4v) is 2.45. The first-order valence-corrected chi connectivity index (χ1v) is 7.13. The topological polar surface area (TPSA) is 98.5 Å². The molecule has 0 saturated heterocycles. The number of alkyl halides is 3. The molecule has 0 fully saturated rings. The van der Waals surface area contributed by atoms with Crippen molar-refractivity contribution in [2.24, 2.45) is 7.05 Å². The molecule has 26 heavy (non-hydrogen) atoms. The Bertz CT molecular complexity index is 1090. The fourth-order valence-electron chi connectivity index (χ4n) is 2.21. The molecule has 136 valence electrons. The van der Waals surface area contributed by atoms with Crippen molar-refractivity contribution in [3.05, 3.63) is 55.6 Å². The summed E-state index contributed by atoms with van der Waals surface area (Å²) in [6.45, 7) is 0. The quantitative estimate of drug-likeness (QED) is 0.669. The lowest BCUT2D eigenvalue weighted by Crippen LogP contribution is -2.36. The van der Waals surface area contributed by atoms with Gasteiger partial charge in [0.1, 0.15) is 11.5 Å². The highest BCUT2D eigenvalue weighted by Gasteiger charge is 2.33. The second-order valence-electron chi connectivity index (χ2n) is 5.07. The Kier molecular flexibility index (Phi) is 4.14. The molecule has 0 aliphatic carbocycles. The molecule has 0 spiro atoms. The lowest BCUT2D eigenvalue weighted by molar-refractivity contribution is -0.141. The van der Waals surface area contributed by atoms with Crippen LogP contribution in [0.4, 0.5) is 17.6 Å². The average molecular weight is 391 g/mol. The van der Waals surface area contributed by atoms with Crippen LogP contribution in [0.5, 0.6) is 0 Å². The van der Waals surface area contributed by atoms with Gasteiger partial charge in [0.25, 0.3) is 5.56 Å². The van der Waals surface area contributed by atoms with Crippen molar-refractivity contribution < 1.29 is 17.6 Å². The number of aromatic nitrogens is 6. The number of tetrazole rings is 1. The Labute approximate surface area is 145 Å². The van der Waals surface area contributed by atoms with Crippen LogP contribution in [0.25, 0.3) is 17.1 Å². The normalized spacial score (nSPS) is 11.8. The van der Waals surface area contributed by atoms with E-state index in [0.29, 0.717) is 0 Å². The third-order valence-electron chi connectivity index (χ3n) is 3.38. The molecule has 0 amide bonds. The Morgan fingerprint density at radius 1 is 1.19 bits per heavy atom. The molecule has 0 aliphatic rings. The van der Waals surface area contributed by atoms with Crippen molar-refractivity contribution in [1.82, 2.24) is 29.8 Å². The Morgan fingerprint density at radius 2 is 1.88 bits per heavy atom. The molecule has 0 atom stereocenters. The highest BCUT2D eigenvalue weighted by Crippen LogP contribution is 2.30. The van der Waals surface area contributed by atoms with E-state index in [1.165, 1.54) is 16.7 Å². The minimum Gasteiger partial charge on any atom is -0.303 e. The summed E-state index contributed by atoms with van der Waals surface area (Å²) in [5.41, 5.74) is -4.91. The molecule has 0 bridgehead atoms. The average Bonchev–Trinajstić information content (AvgIpc) is 2.93. The van der Waals surface area contributed by atoms with Crippen LogP contribution < -0.4 is 11.2 Å². The van der Waals surface area contributed by atoms with Crippen LogP contribution >= 0.6 is 11.6 Å². The Balaban J connectivity index is 2.28. The molecule has 1 aromatic carbocycles. The SMILES string of the molecule is Cn1nnnc1-c1cc(-n2c(=O)cc(C(F)(F)F)[nH]c2=O)c(F)cc1Cl. The second-order valence-corrected chi connectivity index (χ2v) is 5.48. The molecule has 1 N–H and O–H groups in total. The summed E-state index contributed by atoms with van der Waals surface area (Å²) >= 11 is 5.95. The number of nitrogens with zero attached hydrogens (tertiary/aromatic N) is 5. The van der Waals surface area contributed by atoms with E-state index in [9.17, 15) is 27.2 Å². The van der Waals surface area contributed by atoms with Gasteiger partial charge in [0.2, 0.25) is 0 Å². The summed E-state index contributed by atoms with van der Waals surface area (Å²) in [4.78, 5) is 25.5. The maximum atomic E-state index is 14.3. The third kappa shape index (κ3) is 2.98. The van der Waals surface area contributed by atoms with Gasteiger partial charge in [-0.3, -0.25) is 4.79 Å². The molecule has 13 heteroatoms. The van der Waals surface area contributed by atoms with Gasteiger partial charge in [-0.2, -0.15) is 13.2 Å². The molecule has 0 radical (unpaired) electrons. The lowest BCUT2D eigenvalue weighted by Gasteiger charge is -2.11. The summed E-state index contributed by atoms with van der Waals surface area (Å²) in [6, 6.07) is 1.94. The largest absolute Gasteiger partial charge is 0.431 e. The summed E-state index contributed by atoms with van der Waals surface area (Å²) < 4.78 is 53.7. The van der Waals surface area contributed by atoms with E-state index in [1.807, 2.05) is 0 Å². The van der Waals surface area contributed by atoms with Crippen molar-refractivity contribution in [2.75, 3.05) is 0 Å². The van der Waals surface area contributed by atoms with Crippen molar-refractivity contribution in [2.45, 2.75) is 6.18 Å². The Hall–Kier alpha value is -3.02. The summed E-state index contributed by atoms with van der Waals surface area (Å²) in [6.07, 6.45) is -4.94. The van der Waals surface area contributed by atoms with Gasteiger partial charge in [-0.1, -0.05) is 11.6 Å². The van der Waals surface area contributed by atoms with Gasteiger partial charge in [-0.25, -0.2) is 18.4 Å². The highest BCUT2D eigenvalue weighted by atomic mass is 35.5. The molecule has 0 aliphatic heterocycles. The first-order chi connectivity index (χ1) is 12.1. The van der Waals surface area contributed by atoms with Gasteiger partial charge in [0.05, 0.1) is 10.7 Å². The minimum atomic E-state index is -4.94. The van der Waals surface area contributed by atoms with E-state index < -0.39 is 34.6 Å². The van der Waals surface area contributed by atoms with E-state index >= 15 is 0 Å². The van der Waals surface area contributed by atoms with Crippen LogP contribution in [0, 0.1) is 5.82 Å². The molecular formula is C13H7ClF4N6O2. The van der Waals surface area contributed by atoms with E-state index in [0.717, 1.165) is 12.1 Å². The fraction of sp³-hybridized carbons (Fsp3) is 0.154. The third-order valence-corrected chi connectivity index (χ3v) is 3.69. The number of aromatic amines is 1. The van der Waals surface area contributed by atoms with Crippen molar-refractivity contribution in [3.8, 4) is 17.1 Å². The van der Waals surface area contributed by atoms with Crippen LogP contribution in [0.3, 0.4) is 0 Å². The molecule has 2 heterocycles. The monoisotopic (exact) mass is 390 g/mol. The summed E-state index contributed by atoms with van der Waals surface area (Å²) in [5, 5.41) is 10.5. The van der Waals surface area contributed by atoms with Gasteiger partial charge >= 0.3 is 11.9 Å². The first kappa shape index (κ1) is 17.8. The van der Waals surface area contributed by atoms with Crippen molar-refractivity contribution in [3.63, 3.8) is 0 Å². The molecule has 0 unspecified atom stereocenters. The maximum absolute atomic E-state index is 14.3. The molecule has 3 rings (SSSR count). The highest BCUT2D eigenvalue weighted by molar-refractivity contribution is 6.33. The number of H-pyrrole nitrogens is 1. The van der Waals surface area contributed by atoms with E-state index in [-0.39, 0.29) is 27.0 Å². The predicted molar refractivity (Wildman–Crippen MR) is 80.4 cm³/mol. The molecule has 2 aromatic heterocycles. The van der Waals surface area contributed by atoms with Crippen LogP contribution in [-0.4, -0.2) is 29.8 Å². The predicted octanol–water partition coefficient (Wildman–Crippen LogP) is 1.53. The van der Waals surface area contributed by atoms with Crippen LogP contribution in [0.15, 0.2) is 27.8 Å². The number of nitrogens with one attached hydrogen (secondary N) is 1. The van der Waals surface area contributed by atoms with Gasteiger partial charge in [0, 0.05) is 18.7 Å². The number of halogens is 5. The number of aryl methyl sites for hydroxylation is 1. The van der Waals surface area contributed by atoms with Crippen molar-refractivity contribution >= 4 is 11.6 Å². The number of rotatable bonds is 2. The number of hydrogen-bond acceptors (Lipinski definition) is 5. The van der Waals surface area contributed by atoms with Crippen LogP contribution in [0.2, 0.25) is 5.02 Å². The smallest absolute Gasteiger partial charge is 0.303 e. The second kappa shape index (κ2) is 6.05. The minimum absolute atomic E-state index is 0.0711. The molecule has 0 saturated carbocycles. The van der Waals surface area contributed by atoms with E-state index in [2.05, 4.69) is 15.5 Å². The van der Waals surface area contributed by atoms with E-state index in [1.54, 1.807) is 0 Å². The molecule has 8 nitrogen and oxygen atoms in total. The Morgan fingerprint density at radius 3 is 2.42 bits per heavy atom. The number of hydrogen-bond donors (Lipinski definition) is 1. The first-order valence-electron chi connectivity index (χ1n) is 6.75. The molecular weight excluding hydrogens is 384 g/mol. The van der Waals surface area contributed by atoms with Crippen LogP contribution in [-0.2, 0) is 13.2 Å². The zero-order chi connectivity index (χ0) is 19.2. The zero-order valence-corrected chi connectivity index (χ0v) is 13.4. The van der Waals surface area contributed by atoms with Crippen molar-refractivity contribution in [1.29, 1.82) is 0 Å². The summed E-state index contributed by atoms with van der Waals surface area (Å²) in [7, 11) is 1.46. The van der Waals surface area contributed by atoms with Gasteiger partial charge in [-0.05, 0) is 22.6 Å². The maximum Gasteiger partial charge on any atom is 0.431 e. The van der Waals surface area contributed by atoms with E-state index in [4.69, 9.17) is 11.6 Å². The standard InChI is InChI=1S/C13H7ClF4N6O2/c1-23-11(20-21-22-23)5-2-8(7(15)3-6(5)14)24-10(25)4-9(13(16,17)18)19-12(24)26/h2-4H,1H3,(H,19,26). The summed E-state index contributed by atoms with van der Waals surface area (Å²) in [5.74, 6) is -1.01. The zero-order valence-electron chi connectivity index (χ0n) is 12.7. The lowest BCUT2D eigenvalue weighted by atomic mass is 10.1.